The van der Waals surface area contributed by atoms with E-state index in [2.05, 4.69) is 30.6 Å². The molecular formula is C20H28N2O2S. The van der Waals surface area contributed by atoms with Crippen LogP contribution in [0.25, 0.3) is 0 Å². The van der Waals surface area contributed by atoms with Crippen molar-refractivity contribution < 1.29 is 9.59 Å². The van der Waals surface area contributed by atoms with Gasteiger partial charge in [-0.1, -0.05) is 31.6 Å². The zero-order chi connectivity index (χ0) is 18.2. The van der Waals surface area contributed by atoms with E-state index in [1.807, 2.05) is 11.4 Å². The van der Waals surface area contributed by atoms with Gasteiger partial charge in [0.1, 0.15) is 5.54 Å². The molecule has 1 saturated carbocycles. The molecule has 136 valence electrons. The van der Waals surface area contributed by atoms with E-state index in [0.29, 0.717) is 22.8 Å². The topological polar surface area (TPSA) is 58.2 Å². The van der Waals surface area contributed by atoms with Crippen LogP contribution in [0.2, 0.25) is 0 Å². The fraction of sp³-hybridized carbons (Fsp3) is 0.600. The molecule has 0 unspecified atom stereocenters. The fourth-order valence-corrected chi connectivity index (χ4v) is 4.73. The predicted octanol–water partition coefficient (Wildman–Crippen LogP) is 3.76. The van der Waals surface area contributed by atoms with E-state index in [-0.39, 0.29) is 11.8 Å². The second kappa shape index (κ2) is 6.60. The normalized spacial score (nSPS) is 24.1. The van der Waals surface area contributed by atoms with E-state index in [1.165, 1.54) is 29.8 Å². The molecule has 4 rings (SSSR count). The summed E-state index contributed by atoms with van der Waals surface area (Å²) in [5, 5.41) is 7.67. The Morgan fingerprint density at radius 1 is 1.36 bits per heavy atom. The maximum absolute atomic E-state index is 12.5. The van der Waals surface area contributed by atoms with Crippen molar-refractivity contribution in [2.75, 3.05) is 6.54 Å². The van der Waals surface area contributed by atoms with E-state index >= 15 is 0 Å². The van der Waals surface area contributed by atoms with Crippen LogP contribution in [0.3, 0.4) is 0 Å². The van der Waals surface area contributed by atoms with Crippen LogP contribution in [-0.2, 0) is 4.79 Å². The van der Waals surface area contributed by atoms with Crippen LogP contribution in [-0.4, -0.2) is 23.9 Å². The minimum atomic E-state index is -0.928. The quantitative estimate of drug-likeness (QED) is 0.759. The summed E-state index contributed by atoms with van der Waals surface area (Å²) in [5.74, 6) is 1.17. The second-order valence-corrected chi connectivity index (χ2v) is 9.33. The van der Waals surface area contributed by atoms with Crippen molar-refractivity contribution in [3.63, 3.8) is 0 Å². The highest BCUT2D eigenvalue weighted by molar-refractivity contribution is 7.12. The molecule has 2 atom stereocenters. The molecule has 2 bridgehead atoms. The maximum Gasteiger partial charge on any atom is 0.262 e. The Hall–Kier alpha value is -1.62. The van der Waals surface area contributed by atoms with Crippen molar-refractivity contribution in [1.29, 1.82) is 0 Å². The van der Waals surface area contributed by atoms with E-state index in [9.17, 15) is 9.59 Å². The number of rotatable bonds is 6. The highest BCUT2D eigenvalue weighted by Crippen LogP contribution is 2.59. The zero-order valence-electron chi connectivity index (χ0n) is 15.5. The Morgan fingerprint density at radius 2 is 2.12 bits per heavy atom. The third-order valence-corrected chi connectivity index (χ3v) is 6.89. The summed E-state index contributed by atoms with van der Waals surface area (Å²) in [6.45, 7) is 8.84. The van der Waals surface area contributed by atoms with Gasteiger partial charge < -0.3 is 10.6 Å². The molecule has 3 aliphatic rings. The number of allylic oxidation sites excluding steroid dienone is 1. The van der Waals surface area contributed by atoms with Gasteiger partial charge in [0.15, 0.2) is 0 Å². The van der Waals surface area contributed by atoms with E-state index in [1.54, 1.807) is 19.9 Å². The number of carbonyl (C=O) groups is 2. The fourth-order valence-electron chi connectivity index (χ4n) is 4.11. The monoisotopic (exact) mass is 360 g/mol. The molecule has 2 amide bonds. The molecule has 1 heterocycles. The minimum Gasteiger partial charge on any atom is -0.354 e. The lowest BCUT2D eigenvalue weighted by molar-refractivity contribution is -0.126. The first-order chi connectivity index (χ1) is 11.7. The third-order valence-electron chi connectivity index (χ3n) is 6.02. The summed E-state index contributed by atoms with van der Waals surface area (Å²) in [5.41, 5.74) is 0.985. The molecule has 4 nitrogen and oxygen atoms in total. The van der Waals surface area contributed by atoms with Crippen LogP contribution >= 0.6 is 11.3 Å². The summed E-state index contributed by atoms with van der Waals surface area (Å²) in [6.07, 6.45) is 5.76. The van der Waals surface area contributed by atoms with Crippen molar-refractivity contribution in [3.05, 3.63) is 34.0 Å². The first-order valence-electron chi connectivity index (χ1n) is 9.05. The van der Waals surface area contributed by atoms with Gasteiger partial charge in [-0.2, -0.15) is 0 Å². The van der Waals surface area contributed by atoms with Crippen molar-refractivity contribution in [1.82, 2.24) is 10.6 Å². The Labute approximate surface area is 154 Å². The van der Waals surface area contributed by atoms with Crippen LogP contribution in [0.5, 0.6) is 0 Å². The molecule has 0 aromatic carbocycles. The summed E-state index contributed by atoms with van der Waals surface area (Å²) in [4.78, 5) is 25.3. The highest BCUT2D eigenvalue weighted by atomic mass is 32.1. The van der Waals surface area contributed by atoms with Gasteiger partial charge in [-0.05, 0) is 61.8 Å². The predicted molar refractivity (Wildman–Crippen MR) is 102 cm³/mol. The van der Waals surface area contributed by atoms with E-state index in [4.69, 9.17) is 0 Å². The summed E-state index contributed by atoms with van der Waals surface area (Å²) in [6, 6.07) is 3.59. The molecule has 25 heavy (non-hydrogen) atoms. The molecule has 1 aromatic heterocycles. The summed E-state index contributed by atoms with van der Waals surface area (Å²) >= 11 is 1.37. The first-order valence-corrected chi connectivity index (χ1v) is 9.93. The average Bonchev–Trinajstić information content (AvgIpc) is 3.09. The summed E-state index contributed by atoms with van der Waals surface area (Å²) in [7, 11) is 0. The van der Waals surface area contributed by atoms with Crippen molar-refractivity contribution >= 4 is 23.2 Å². The minimum absolute atomic E-state index is 0.139. The molecule has 5 heteroatoms. The number of hydrogen-bond acceptors (Lipinski definition) is 3. The van der Waals surface area contributed by atoms with E-state index < -0.39 is 5.54 Å². The van der Waals surface area contributed by atoms with Crippen molar-refractivity contribution in [2.24, 2.45) is 17.3 Å². The Bertz CT molecular complexity index is 689. The maximum atomic E-state index is 12.5. The first kappa shape index (κ1) is 18.2. The van der Waals surface area contributed by atoms with Crippen LogP contribution in [0.4, 0.5) is 0 Å². The van der Waals surface area contributed by atoms with Gasteiger partial charge in [-0.15, -0.1) is 11.3 Å². The Morgan fingerprint density at radius 3 is 2.72 bits per heavy atom. The zero-order valence-corrected chi connectivity index (χ0v) is 16.3. The lowest BCUT2D eigenvalue weighted by Gasteiger charge is -2.56. The van der Waals surface area contributed by atoms with Crippen LogP contribution in [0, 0.1) is 17.3 Å². The van der Waals surface area contributed by atoms with Gasteiger partial charge in [0, 0.05) is 6.54 Å². The van der Waals surface area contributed by atoms with Crippen molar-refractivity contribution in [2.45, 2.75) is 52.5 Å². The van der Waals surface area contributed by atoms with Gasteiger partial charge in [0.25, 0.3) is 5.91 Å². The largest absolute Gasteiger partial charge is 0.354 e. The molecule has 2 N–H and O–H groups in total. The van der Waals surface area contributed by atoms with Gasteiger partial charge in [-0.3, -0.25) is 9.59 Å². The number of thiophene rings is 1. The standard InChI is InChI=1S/C20H28N2O2S/c1-19(2)14-8-7-13(15(19)12-14)9-10-21-18(24)20(3,4)22-17(23)16-6-5-11-25-16/h5-7,11,14-15H,8-10,12H2,1-4H3,(H,21,24)(H,22,23)/t14-,15-/m0/s1. The Balaban J connectivity index is 1.49. The number of carbonyl (C=O) groups excluding carboxylic acids is 2. The average molecular weight is 361 g/mol. The molecule has 3 aliphatic carbocycles. The third kappa shape index (κ3) is 3.52. The molecule has 1 fully saturated rings. The molecule has 1 aromatic rings. The van der Waals surface area contributed by atoms with Gasteiger partial charge in [0.2, 0.25) is 5.91 Å². The van der Waals surface area contributed by atoms with Gasteiger partial charge in [0.05, 0.1) is 4.88 Å². The number of hydrogen-bond donors (Lipinski definition) is 2. The number of fused-ring (bicyclic) bond motifs is 1. The lowest BCUT2D eigenvalue weighted by atomic mass is 9.48. The number of nitrogens with one attached hydrogen (secondary N) is 2. The van der Waals surface area contributed by atoms with Crippen LogP contribution in [0.15, 0.2) is 29.2 Å². The smallest absolute Gasteiger partial charge is 0.262 e. The molecule has 0 aliphatic heterocycles. The lowest BCUT2D eigenvalue weighted by Crippen LogP contribution is -2.55. The number of amides is 2. The van der Waals surface area contributed by atoms with E-state index in [0.717, 1.165) is 12.3 Å². The molecule has 0 radical (unpaired) electrons. The van der Waals surface area contributed by atoms with Crippen LogP contribution < -0.4 is 10.6 Å². The highest BCUT2D eigenvalue weighted by Gasteiger charge is 2.50. The molecule has 0 spiro atoms. The second-order valence-electron chi connectivity index (χ2n) is 8.38. The van der Waals surface area contributed by atoms with Crippen molar-refractivity contribution in [3.8, 4) is 0 Å². The SMILES string of the molecule is CC(C)(NC(=O)c1cccs1)C(=O)NCCC1=CC[C@H]2C[C@@H]1C2(C)C. The molecular weight excluding hydrogens is 332 g/mol. The van der Waals surface area contributed by atoms with Gasteiger partial charge in [-0.25, -0.2) is 0 Å². The Kier molecular flexibility index (Phi) is 4.80. The van der Waals surface area contributed by atoms with Gasteiger partial charge >= 0.3 is 0 Å². The van der Waals surface area contributed by atoms with Crippen LogP contribution in [0.1, 0.15) is 56.6 Å². The molecule has 0 saturated heterocycles. The summed E-state index contributed by atoms with van der Waals surface area (Å²) < 4.78 is 0.